The van der Waals surface area contributed by atoms with Crippen LogP contribution in [0.1, 0.15) is 4.88 Å². The van der Waals surface area contributed by atoms with Gasteiger partial charge in [0.25, 0.3) is 0 Å². The molecule has 2 amide bonds. The molecule has 0 radical (unpaired) electrons. The number of carbonyl (C=O) groups excluding carboxylic acids is 1. The average molecular weight is 284 g/mol. The Morgan fingerprint density at radius 1 is 1.53 bits per heavy atom. The number of urea groups is 1. The zero-order valence-corrected chi connectivity index (χ0v) is 10.8. The van der Waals surface area contributed by atoms with Gasteiger partial charge >= 0.3 is 11.0 Å². The fourth-order valence-corrected chi connectivity index (χ4v) is 2.19. The van der Waals surface area contributed by atoms with Crippen LogP contribution in [-0.4, -0.2) is 48.4 Å². The van der Waals surface area contributed by atoms with E-state index in [9.17, 15) is 14.9 Å². The van der Waals surface area contributed by atoms with Gasteiger partial charge < -0.3 is 9.64 Å². The van der Waals surface area contributed by atoms with Crippen molar-refractivity contribution in [2.45, 2.75) is 0 Å². The van der Waals surface area contributed by atoms with Crippen molar-refractivity contribution in [3.63, 3.8) is 0 Å². The SMILES string of the molecule is O=C(N/N=C/c1ccc([N+](=O)[O-])s1)N1CCOCC1. The maximum atomic E-state index is 11.6. The summed E-state index contributed by atoms with van der Waals surface area (Å²) in [5.41, 5.74) is 2.38. The molecule has 8 nitrogen and oxygen atoms in total. The van der Waals surface area contributed by atoms with Crippen LogP contribution in [0.15, 0.2) is 17.2 Å². The lowest BCUT2D eigenvalue weighted by Gasteiger charge is -2.25. The Labute approximate surface area is 112 Å². The predicted octanol–water partition coefficient (Wildman–Crippen LogP) is 1.03. The summed E-state index contributed by atoms with van der Waals surface area (Å²) in [5.74, 6) is 0. The molecule has 2 heterocycles. The Kier molecular flexibility index (Phi) is 4.42. The average Bonchev–Trinajstić information content (AvgIpc) is 2.89. The highest BCUT2D eigenvalue weighted by atomic mass is 32.1. The lowest BCUT2D eigenvalue weighted by Crippen LogP contribution is -2.44. The molecule has 1 N–H and O–H groups in total. The van der Waals surface area contributed by atoms with Crippen molar-refractivity contribution in [2.75, 3.05) is 26.3 Å². The van der Waals surface area contributed by atoms with Gasteiger partial charge in [0.05, 0.1) is 29.2 Å². The van der Waals surface area contributed by atoms with Crippen molar-refractivity contribution >= 4 is 28.6 Å². The van der Waals surface area contributed by atoms with E-state index in [1.165, 1.54) is 12.3 Å². The van der Waals surface area contributed by atoms with E-state index in [4.69, 9.17) is 4.74 Å². The monoisotopic (exact) mass is 284 g/mol. The number of ether oxygens (including phenoxy) is 1. The minimum atomic E-state index is -0.464. The predicted molar refractivity (Wildman–Crippen MR) is 69.5 cm³/mol. The van der Waals surface area contributed by atoms with Gasteiger partial charge in [-0.15, -0.1) is 0 Å². The minimum Gasteiger partial charge on any atom is -0.378 e. The van der Waals surface area contributed by atoms with E-state index in [1.807, 2.05) is 0 Å². The largest absolute Gasteiger partial charge is 0.378 e. The van der Waals surface area contributed by atoms with Crippen LogP contribution >= 0.6 is 11.3 Å². The molecule has 1 aliphatic heterocycles. The van der Waals surface area contributed by atoms with E-state index in [0.717, 1.165) is 11.3 Å². The Hall–Kier alpha value is -2.00. The van der Waals surface area contributed by atoms with Crippen LogP contribution in [0, 0.1) is 10.1 Å². The first-order valence-corrected chi connectivity index (χ1v) is 6.38. The van der Waals surface area contributed by atoms with Crippen LogP contribution in [0.25, 0.3) is 0 Å². The van der Waals surface area contributed by atoms with Crippen LogP contribution in [-0.2, 0) is 4.74 Å². The third kappa shape index (κ3) is 3.73. The van der Waals surface area contributed by atoms with Gasteiger partial charge in [0.2, 0.25) is 0 Å². The molecule has 2 rings (SSSR count). The molecule has 1 aromatic rings. The van der Waals surface area contributed by atoms with Crippen LogP contribution in [0.4, 0.5) is 9.80 Å². The summed E-state index contributed by atoms with van der Waals surface area (Å²) in [7, 11) is 0. The van der Waals surface area contributed by atoms with Crippen LogP contribution < -0.4 is 5.43 Å². The summed E-state index contributed by atoms with van der Waals surface area (Å²) < 4.78 is 5.13. The van der Waals surface area contributed by atoms with Gasteiger partial charge in [-0.05, 0) is 6.07 Å². The summed E-state index contributed by atoms with van der Waals surface area (Å²) in [4.78, 5) is 23.9. The molecular formula is C10H12N4O4S. The Balaban J connectivity index is 1.84. The number of morpholine rings is 1. The summed E-state index contributed by atoms with van der Waals surface area (Å²) in [5, 5.41) is 14.3. The molecule has 0 aliphatic carbocycles. The number of carbonyl (C=O) groups is 1. The Morgan fingerprint density at radius 3 is 2.89 bits per heavy atom. The first-order chi connectivity index (χ1) is 9.16. The molecule has 0 spiro atoms. The highest BCUT2D eigenvalue weighted by Gasteiger charge is 2.15. The molecule has 0 atom stereocenters. The van der Waals surface area contributed by atoms with E-state index in [0.29, 0.717) is 31.2 Å². The Bertz CT molecular complexity index is 495. The fraction of sp³-hybridized carbons (Fsp3) is 0.400. The summed E-state index contributed by atoms with van der Waals surface area (Å²) in [6.07, 6.45) is 1.38. The highest BCUT2D eigenvalue weighted by molar-refractivity contribution is 7.16. The number of hydrogen-bond donors (Lipinski definition) is 1. The van der Waals surface area contributed by atoms with Gasteiger partial charge in [0, 0.05) is 19.2 Å². The summed E-state index contributed by atoms with van der Waals surface area (Å²) >= 11 is 0.995. The lowest BCUT2D eigenvalue weighted by atomic mass is 10.4. The van der Waals surface area contributed by atoms with E-state index in [2.05, 4.69) is 10.5 Å². The fourth-order valence-electron chi connectivity index (χ4n) is 1.50. The van der Waals surface area contributed by atoms with E-state index < -0.39 is 4.92 Å². The Morgan fingerprint density at radius 2 is 2.26 bits per heavy atom. The van der Waals surface area contributed by atoms with Gasteiger partial charge in [-0.25, -0.2) is 10.2 Å². The number of thiophene rings is 1. The van der Waals surface area contributed by atoms with Crippen LogP contribution in [0.3, 0.4) is 0 Å². The van der Waals surface area contributed by atoms with Crippen molar-refractivity contribution in [3.05, 3.63) is 27.1 Å². The third-order valence-corrected chi connectivity index (χ3v) is 3.41. The normalized spacial score (nSPS) is 15.7. The number of nitrogens with zero attached hydrogens (tertiary/aromatic N) is 3. The first-order valence-electron chi connectivity index (χ1n) is 5.57. The van der Waals surface area contributed by atoms with Crippen molar-refractivity contribution in [2.24, 2.45) is 5.10 Å². The molecule has 0 aromatic carbocycles. The maximum absolute atomic E-state index is 11.6. The number of hydrogen-bond acceptors (Lipinski definition) is 6. The van der Waals surface area contributed by atoms with E-state index >= 15 is 0 Å². The summed E-state index contributed by atoms with van der Waals surface area (Å²) in [6, 6.07) is 2.67. The van der Waals surface area contributed by atoms with Crippen molar-refractivity contribution in [1.29, 1.82) is 0 Å². The first kappa shape index (κ1) is 13.4. The second kappa shape index (κ2) is 6.25. The quantitative estimate of drug-likeness (QED) is 0.509. The molecular weight excluding hydrogens is 272 g/mol. The molecule has 1 aromatic heterocycles. The number of nitro groups is 1. The molecule has 102 valence electrons. The molecule has 1 fully saturated rings. The minimum absolute atomic E-state index is 0.0426. The molecule has 19 heavy (non-hydrogen) atoms. The molecule has 1 aliphatic rings. The molecule has 1 saturated heterocycles. The van der Waals surface area contributed by atoms with Crippen molar-refractivity contribution < 1.29 is 14.5 Å². The molecule has 0 unspecified atom stereocenters. The summed E-state index contributed by atoms with van der Waals surface area (Å²) in [6.45, 7) is 2.11. The highest BCUT2D eigenvalue weighted by Crippen LogP contribution is 2.22. The molecule has 0 saturated carbocycles. The third-order valence-electron chi connectivity index (χ3n) is 2.44. The van der Waals surface area contributed by atoms with E-state index in [-0.39, 0.29) is 11.0 Å². The number of amides is 2. The second-order valence-corrected chi connectivity index (χ2v) is 4.80. The molecule has 9 heteroatoms. The van der Waals surface area contributed by atoms with E-state index in [1.54, 1.807) is 11.0 Å². The molecule has 0 bridgehead atoms. The topological polar surface area (TPSA) is 97.1 Å². The van der Waals surface area contributed by atoms with Gasteiger partial charge in [-0.2, -0.15) is 5.10 Å². The standard InChI is InChI=1S/C10H12N4O4S/c15-10(13-3-5-18-6-4-13)12-11-7-8-1-2-9(19-8)14(16)17/h1-2,7H,3-6H2,(H,12,15)/b11-7+. The van der Waals surface area contributed by atoms with Crippen molar-refractivity contribution in [1.82, 2.24) is 10.3 Å². The number of nitrogens with one attached hydrogen (secondary N) is 1. The maximum Gasteiger partial charge on any atom is 0.337 e. The second-order valence-electron chi connectivity index (χ2n) is 3.71. The van der Waals surface area contributed by atoms with Gasteiger partial charge in [-0.1, -0.05) is 11.3 Å². The number of rotatable bonds is 3. The van der Waals surface area contributed by atoms with Gasteiger partial charge in [0.1, 0.15) is 0 Å². The lowest BCUT2D eigenvalue weighted by molar-refractivity contribution is -0.380. The number of hydrazone groups is 1. The van der Waals surface area contributed by atoms with Crippen LogP contribution in [0.5, 0.6) is 0 Å². The van der Waals surface area contributed by atoms with Gasteiger partial charge in [-0.3, -0.25) is 10.1 Å². The van der Waals surface area contributed by atoms with Gasteiger partial charge in [0.15, 0.2) is 0 Å². The van der Waals surface area contributed by atoms with Crippen molar-refractivity contribution in [3.8, 4) is 0 Å². The smallest absolute Gasteiger partial charge is 0.337 e. The van der Waals surface area contributed by atoms with Crippen LogP contribution in [0.2, 0.25) is 0 Å². The zero-order chi connectivity index (χ0) is 13.7. The zero-order valence-electron chi connectivity index (χ0n) is 9.94.